The first-order chi connectivity index (χ1) is 11.2. The predicted molar refractivity (Wildman–Crippen MR) is 86.6 cm³/mol. The molecule has 1 amide bonds. The van der Waals surface area contributed by atoms with Crippen molar-refractivity contribution >= 4 is 11.9 Å². The molecule has 1 aromatic heterocycles. The van der Waals surface area contributed by atoms with Gasteiger partial charge in [0.25, 0.3) is 5.91 Å². The fourth-order valence-electron chi connectivity index (χ4n) is 1.93. The fraction of sp³-hybridized carbons (Fsp3) is 0.312. The Morgan fingerprint density at radius 3 is 2.61 bits per heavy atom. The Morgan fingerprint density at radius 2 is 1.91 bits per heavy atom. The molecule has 2 aromatic rings. The van der Waals surface area contributed by atoms with Crippen molar-refractivity contribution in [3.8, 4) is 5.75 Å². The Bertz CT molecular complexity index is 631. The van der Waals surface area contributed by atoms with Crippen LogP contribution in [-0.2, 0) is 11.3 Å². The number of methoxy groups -OCH3 is 2. The number of nitrogens with zero attached hydrogens (tertiary/aromatic N) is 2. The third-order valence-electron chi connectivity index (χ3n) is 3.14. The molecule has 122 valence electrons. The molecule has 1 heterocycles. The summed E-state index contributed by atoms with van der Waals surface area (Å²) in [7, 11) is 3.22. The van der Waals surface area contributed by atoms with E-state index in [0.717, 1.165) is 11.3 Å². The number of rotatable bonds is 8. The number of anilines is 1. The highest BCUT2D eigenvalue weighted by atomic mass is 16.5. The topological polar surface area (TPSA) is 85.4 Å². The molecule has 2 N–H and O–H groups in total. The number of carbonyl (C=O) groups excluding carboxylic acids is 1. The maximum absolute atomic E-state index is 12.1. The van der Waals surface area contributed by atoms with Crippen LogP contribution in [0.2, 0.25) is 0 Å². The van der Waals surface area contributed by atoms with Crippen LogP contribution in [0, 0.1) is 0 Å². The lowest BCUT2D eigenvalue weighted by Crippen LogP contribution is -2.23. The Morgan fingerprint density at radius 1 is 1.17 bits per heavy atom. The standard InChI is InChI=1S/C16H20N4O3/c1-22-8-7-17-16-19-10-13(11-20-16)15(21)18-9-12-5-3-4-6-14(12)23-2/h3-6,10-11H,7-9H2,1-2H3,(H,18,21)(H,17,19,20). The number of benzene rings is 1. The predicted octanol–water partition coefficient (Wildman–Crippen LogP) is 1.47. The van der Waals surface area contributed by atoms with Crippen LogP contribution in [0.25, 0.3) is 0 Å². The molecular formula is C16H20N4O3. The largest absolute Gasteiger partial charge is 0.496 e. The molecule has 0 saturated heterocycles. The molecule has 0 bridgehead atoms. The minimum atomic E-state index is -0.237. The molecule has 0 aliphatic heterocycles. The number of aromatic nitrogens is 2. The van der Waals surface area contributed by atoms with Crippen molar-refractivity contribution in [1.29, 1.82) is 0 Å². The quantitative estimate of drug-likeness (QED) is 0.718. The van der Waals surface area contributed by atoms with Gasteiger partial charge in [-0.3, -0.25) is 4.79 Å². The maximum atomic E-state index is 12.1. The zero-order chi connectivity index (χ0) is 16.5. The molecule has 0 saturated carbocycles. The molecule has 7 nitrogen and oxygen atoms in total. The zero-order valence-electron chi connectivity index (χ0n) is 13.2. The van der Waals surface area contributed by atoms with Gasteiger partial charge in [0.15, 0.2) is 0 Å². The number of para-hydroxylation sites is 1. The fourth-order valence-corrected chi connectivity index (χ4v) is 1.93. The van der Waals surface area contributed by atoms with Crippen LogP contribution in [0.15, 0.2) is 36.7 Å². The summed E-state index contributed by atoms with van der Waals surface area (Å²) in [5.74, 6) is 0.962. The Labute approximate surface area is 135 Å². The lowest BCUT2D eigenvalue weighted by atomic mass is 10.2. The lowest BCUT2D eigenvalue weighted by Gasteiger charge is -2.09. The van der Waals surface area contributed by atoms with Gasteiger partial charge < -0.3 is 20.1 Å². The first-order valence-corrected chi connectivity index (χ1v) is 7.19. The van der Waals surface area contributed by atoms with E-state index in [1.165, 1.54) is 12.4 Å². The van der Waals surface area contributed by atoms with Gasteiger partial charge in [0.2, 0.25) is 5.95 Å². The molecule has 0 radical (unpaired) electrons. The van der Waals surface area contributed by atoms with Gasteiger partial charge >= 0.3 is 0 Å². The molecule has 0 unspecified atom stereocenters. The number of carbonyl (C=O) groups is 1. The number of hydrogen-bond acceptors (Lipinski definition) is 6. The monoisotopic (exact) mass is 316 g/mol. The zero-order valence-corrected chi connectivity index (χ0v) is 13.2. The van der Waals surface area contributed by atoms with E-state index in [9.17, 15) is 4.79 Å². The third kappa shape index (κ3) is 4.93. The maximum Gasteiger partial charge on any atom is 0.254 e. The van der Waals surface area contributed by atoms with E-state index in [4.69, 9.17) is 9.47 Å². The molecule has 7 heteroatoms. The summed E-state index contributed by atoms with van der Waals surface area (Å²) in [6.07, 6.45) is 2.97. The normalized spacial score (nSPS) is 10.2. The number of nitrogens with one attached hydrogen (secondary N) is 2. The average molecular weight is 316 g/mol. The summed E-state index contributed by atoms with van der Waals surface area (Å²) in [6, 6.07) is 7.53. The molecule has 0 aliphatic rings. The molecule has 1 aromatic carbocycles. The van der Waals surface area contributed by atoms with Crippen LogP contribution in [0.4, 0.5) is 5.95 Å². The van der Waals surface area contributed by atoms with Crippen molar-refractivity contribution in [2.75, 3.05) is 32.7 Å². The summed E-state index contributed by atoms with van der Waals surface area (Å²) < 4.78 is 10.2. The number of hydrogen-bond donors (Lipinski definition) is 2. The molecule has 0 fully saturated rings. The van der Waals surface area contributed by atoms with E-state index < -0.39 is 0 Å². The average Bonchev–Trinajstić information content (AvgIpc) is 2.60. The Kier molecular flexibility index (Phi) is 6.31. The van der Waals surface area contributed by atoms with Crippen molar-refractivity contribution in [2.24, 2.45) is 0 Å². The van der Waals surface area contributed by atoms with Gasteiger partial charge in [0.1, 0.15) is 5.75 Å². The summed E-state index contributed by atoms with van der Waals surface area (Å²) >= 11 is 0. The second-order valence-electron chi connectivity index (χ2n) is 4.71. The van der Waals surface area contributed by atoms with Crippen LogP contribution in [0.1, 0.15) is 15.9 Å². The van der Waals surface area contributed by atoms with Gasteiger partial charge in [0.05, 0.1) is 19.3 Å². The number of amides is 1. The van der Waals surface area contributed by atoms with Crippen LogP contribution >= 0.6 is 0 Å². The third-order valence-corrected chi connectivity index (χ3v) is 3.14. The molecule has 0 spiro atoms. The molecule has 0 aliphatic carbocycles. The van der Waals surface area contributed by atoms with Crippen molar-refractivity contribution in [1.82, 2.24) is 15.3 Å². The Hall–Kier alpha value is -2.67. The van der Waals surface area contributed by atoms with E-state index in [-0.39, 0.29) is 5.91 Å². The van der Waals surface area contributed by atoms with Crippen LogP contribution in [-0.4, -0.2) is 43.2 Å². The molecule has 23 heavy (non-hydrogen) atoms. The van der Waals surface area contributed by atoms with E-state index in [0.29, 0.717) is 31.2 Å². The van der Waals surface area contributed by atoms with Crippen LogP contribution in [0.5, 0.6) is 5.75 Å². The van der Waals surface area contributed by atoms with Crippen molar-refractivity contribution in [3.63, 3.8) is 0 Å². The first kappa shape index (κ1) is 16.7. The van der Waals surface area contributed by atoms with Crippen molar-refractivity contribution in [3.05, 3.63) is 47.8 Å². The van der Waals surface area contributed by atoms with Gasteiger partial charge in [-0.2, -0.15) is 0 Å². The molecule has 0 atom stereocenters. The molecular weight excluding hydrogens is 296 g/mol. The van der Waals surface area contributed by atoms with Gasteiger partial charge in [-0.15, -0.1) is 0 Å². The van der Waals surface area contributed by atoms with Gasteiger partial charge in [-0.05, 0) is 6.07 Å². The summed E-state index contributed by atoms with van der Waals surface area (Å²) in [4.78, 5) is 20.3. The van der Waals surface area contributed by atoms with E-state index in [1.54, 1.807) is 14.2 Å². The lowest BCUT2D eigenvalue weighted by molar-refractivity contribution is 0.0950. The highest BCUT2D eigenvalue weighted by Crippen LogP contribution is 2.16. The summed E-state index contributed by atoms with van der Waals surface area (Å²) in [6.45, 7) is 1.54. The second-order valence-corrected chi connectivity index (χ2v) is 4.71. The summed E-state index contributed by atoms with van der Waals surface area (Å²) in [5, 5.41) is 5.81. The second kappa shape index (κ2) is 8.70. The first-order valence-electron chi connectivity index (χ1n) is 7.19. The summed E-state index contributed by atoms with van der Waals surface area (Å²) in [5.41, 5.74) is 1.30. The van der Waals surface area contributed by atoms with Crippen molar-refractivity contribution < 1.29 is 14.3 Å². The van der Waals surface area contributed by atoms with E-state index in [2.05, 4.69) is 20.6 Å². The van der Waals surface area contributed by atoms with Crippen molar-refractivity contribution in [2.45, 2.75) is 6.54 Å². The van der Waals surface area contributed by atoms with Gasteiger partial charge in [-0.1, -0.05) is 18.2 Å². The highest BCUT2D eigenvalue weighted by molar-refractivity contribution is 5.93. The minimum Gasteiger partial charge on any atom is -0.496 e. The van der Waals surface area contributed by atoms with E-state index >= 15 is 0 Å². The van der Waals surface area contributed by atoms with Gasteiger partial charge in [-0.25, -0.2) is 9.97 Å². The molecule has 2 rings (SSSR count). The minimum absolute atomic E-state index is 0.237. The number of ether oxygens (including phenoxy) is 2. The SMILES string of the molecule is COCCNc1ncc(C(=O)NCc2ccccc2OC)cn1. The Balaban J connectivity index is 1.90. The van der Waals surface area contributed by atoms with Gasteiger partial charge in [0, 0.05) is 38.2 Å². The van der Waals surface area contributed by atoms with E-state index in [1.807, 2.05) is 24.3 Å². The highest BCUT2D eigenvalue weighted by Gasteiger charge is 2.08. The van der Waals surface area contributed by atoms with Crippen LogP contribution < -0.4 is 15.4 Å². The smallest absolute Gasteiger partial charge is 0.254 e. The van der Waals surface area contributed by atoms with Crippen LogP contribution in [0.3, 0.4) is 0 Å².